The highest BCUT2D eigenvalue weighted by Gasteiger charge is 2.25. The maximum absolute atomic E-state index is 13.3. The molecule has 1 nitrogen and oxygen atoms in total. The minimum Gasteiger partial charge on any atom is -0.486 e. The average Bonchev–Trinajstić information content (AvgIpc) is 2.92. The second-order valence-electron chi connectivity index (χ2n) is 3.09. The molecule has 70 valence electrons. The van der Waals surface area contributed by atoms with Gasteiger partial charge in [0.25, 0.3) is 0 Å². The van der Waals surface area contributed by atoms with Crippen molar-refractivity contribution in [1.82, 2.24) is 0 Å². The second-order valence-corrected chi connectivity index (χ2v) is 3.94. The first-order valence-corrected chi connectivity index (χ1v) is 5.53. The van der Waals surface area contributed by atoms with E-state index in [1.807, 2.05) is 12.3 Å². The van der Waals surface area contributed by atoms with Gasteiger partial charge in [-0.25, -0.2) is 4.39 Å². The van der Waals surface area contributed by atoms with Gasteiger partial charge < -0.3 is 4.74 Å². The lowest BCUT2D eigenvalue weighted by atomic mass is 10.3. The van der Waals surface area contributed by atoms with Gasteiger partial charge in [0.15, 0.2) is 11.6 Å². The monoisotopic (exact) mass is 198 g/mol. The first kappa shape index (κ1) is 8.88. The zero-order valence-corrected chi connectivity index (χ0v) is 8.23. The molecule has 0 aromatic heterocycles. The molecule has 0 atom stereocenters. The fraction of sp³-hybridized carbons (Fsp3) is 0.400. The Morgan fingerprint density at radius 3 is 2.85 bits per heavy atom. The molecular weight excluding hydrogens is 187 g/mol. The SMILES string of the molecule is CSc1cccc(F)c1OC1CC1. The number of thioether (sulfide) groups is 1. The number of hydrogen-bond donors (Lipinski definition) is 0. The maximum Gasteiger partial charge on any atom is 0.168 e. The molecule has 13 heavy (non-hydrogen) atoms. The summed E-state index contributed by atoms with van der Waals surface area (Å²) in [5, 5.41) is 0. The quantitative estimate of drug-likeness (QED) is 0.690. The number of para-hydroxylation sites is 1. The predicted octanol–water partition coefficient (Wildman–Crippen LogP) is 3.09. The van der Waals surface area contributed by atoms with Crippen molar-refractivity contribution in [2.24, 2.45) is 0 Å². The number of rotatable bonds is 3. The van der Waals surface area contributed by atoms with Crippen molar-refractivity contribution in [2.75, 3.05) is 6.26 Å². The van der Waals surface area contributed by atoms with Crippen molar-refractivity contribution in [2.45, 2.75) is 23.8 Å². The van der Waals surface area contributed by atoms with Crippen molar-refractivity contribution in [3.05, 3.63) is 24.0 Å². The smallest absolute Gasteiger partial charge is 0.168 e. The molecule has 0 saturated heterocycles. The molecule has 0 spiro atoms. The Balaban J connectivity index is 2.27. The number of benzene rings is 1. The Morgan fingerprint density at radius 2 is 2.23 bits per heavy atom. The van der Waals surface area contributed by atoms with Gasteiger partial charge >= 0.3 is 0 Å². The average molecular weight is 198 g/mol. The van der Waals surface area contributed by atoms with Crippen molar-refractivity contribution in [1.29, 1.82) is 0 Å². The Labute approximate surface area is 81.3 Å². The normalized spacial score (nSPS) is 15.8. The van der Waals surface area contributed by atoms with E-state index in [9.17, 15) is 4.39 Å². The molecule has 1 aliphatic carbocycles. The van der Waals surface area contributed by atoms with Gasteiger partial charge in [0.2, 0.25) is 0 Å². The van der Waals surface area contributed by atoms with E-state index in [2.05, 4.69) is 0 Å². The lowest BCUT2D eigenvalue weighted by Crippen LogP contribution is -1.99. The van der Waals surface area contributed by atoms with Gasteiger partial charge in [-0.1, -0.05) is 6.07 Å². The van der Waals surface area contributed by atoms with Gasteiger partial charge in [-0.05, 0) is 31.2 Å². The van der Waals surface area contributed by atoms with Crippen LogP contribution >= 0.6 is 11.8 Å². The molecule has 1 aromatic rings. The predicted molar refractivity (Wildman–Crippen MR) is 51.8 cm³/mol. The van der Waals surface area contributed by atoms with Gasteiger partial charge in [0, 0.05) is 0 Å². The standard InChI is InChI=1S/C10H11FOS/c1-13-9-4-2-3-8(11)10(9)12-7-5-6-7/h2-4,7H,5-6H2,1H3. The fourth-order valence-electron chi connectivity index (χ4n) is 1.12. The Morgan fingerprint density at radius 1 is 1.46 bits per heavy atom. The molecule has 1 saturated carbocycles. The van der Waals surface area contributed by atoms with E-state index >= 15 is 0 Å². The zero-order chi connectivity index (χ0) is 9.26. The molecule has 0 heterocycles. The molecule has 0 amide bonds. The van der Waals surface area contributed by atoms with Crippen LogP contribution in [0.1, 0.15) is 12.8 Å². The highest BCUT2D eigenvalue weighted by molar-refractivity contribution is 7.98. The summed E-state index contributed by atoms with van der Waals surface area (Å²) in [4.78, 5) is 0.881. The lowest BCUT2D eigenvalue weighted by molar-refractivity contribution is 0.280. The molecule has 1 fully saturated rings. The largest absolute Gasteiger partial charge is 0.486 e. The van der Waals surface area contributed by atoms with Crippen LogP contribution in [-0.2, 0) is 0 Å². The Bertz CT molecular complexity index is 310. The summed E-state index contributed by atoms with van der Waals surface area (Å²) in [6, 6.07) is 5.03. The van der Waals surface area contributed by atoms with Crippen LogP contribution in [0.5, 0.6) is 5.75 Å². The van der Waals surface area contributed by atoms with Crippen molar-refractivity contribution >= 4 is 11.8 Å². The third-order valence-corrected chi connectivity index (χ3v) is 2.72. The van der Waals surface area contributed by atoms with Crippen LogP contribution in [0.25, 0.3) is 0 Å². The summed E-state index contributed by atoms with van der Waals surface area (Å²) in [5.74, 6) is 0.177. The first-order chi connectivity index (χ1) is 6.31. The molecule has 3 heteroatoms. The van der Waals surface area contributed by atoms with Gasteiger partial charge in [0.05, 0.1) is 11.0 Å². The van der Waals surface area contributed by atoms with Crippen molar-refractivity contribution in [3.8, 4) is 5.75 Å². The molecule has 0 unspecified atom stereocenters. The van der Waals surface area contributed by atoms with Gasteiger partial charge in [0.1, 0.15) is 0 Å². The summed E-state index contributed by atoms with van der Waals surface area (Å²) >= 11 is 1.51. The topological polar surface area (TPSA) is 9.23 Å². The molecule has 0 aliphatic heterocycles. The van der Waals surface area contributed by atoms with Crippen LogP contribution in [0.3, 0.4) is 0 Å². The third kappa shape index (κ3) is 1.97. The van der Waals surface area contributed by atoms with E-state index in [0.717, 1.165) is 17.7 Å². The van der Waals surface area contributed by atoms with Crippen LogP contribution in [0.2, 0.25) is 0 Å². The number of halogens is 1. The van der Waals surface area contributed by atoms with Gasteiger partial charge in [-0.2, -0.15) is 0 Å². The summed E-state index contributed by atoms with van der Waals surface area (Å²) in [7, 11) is 0. The van der Waals surface area contributed by atoms with E-state index in [-0.39, 0.29) is 11.9 Å². The first-order valence-electron chi connectivity index (χ1n) is 4.30. The van der Waals surface area contributed by atoms with Crippen LogP contribution in [0, 0.1) is 5.82 Å². The molecular formula is C10H11FOS. The van der Waals surface area contributed by atoms with Gasteiger partial charge in [-0.15, -0.1) is 11.8 Å². The van der Waals surface area contributed by atoms with Crippen LogP contribution in [-0.4, -0.2) is 12.4 Å². The zero-order valence-electron chi connectivity index (χ0n) is 7.42. The van der Waals surface area contributed by atoms with E-state index < -0.39 is 0 Å². The summed E-state index contributed by atoms with van der Waals surface area (Å²) in [6.45, 7) is 0. The minimum absolute atomic E-state index is 0.251. The van der Waals surface area contributed by atoms with Crippen LogP contribution < -0.4 is 4.74 Å². The highest BCUT2D eigenvalue weighted by Crippen LogP contribution is 2.35. The fourth-order valence-corrected chi connectivity index (χ4v) is 1.66. The van der Waals surface area contributed by atoms with Crippen molar-refractivity contribution in [3.63, 3.8) is 0 Å². The molecule has 0 radical (unpaired) electrons. The molecule has 0 bridgehead atoms. The Hall–Kier alpha value is -0.700. The summed E-state index contributed by atoms with van der Waals surface area (Å²) in [5.41, 5.74) is 0. The second kappa shape index (κ2) is 3.58. The van der Waals surface area contributed by atoms with Crippen LogP contribution in [0.4, 0.5) is 4.39 Å². The van der Waals surface area contributed by atoms with Crippen molar-refractivity contribution < 1.29 is 9.13 Å². The van der Waals surface area contributed by atoms with Crippen LogP contribution in [0.15, 0.2) is 23.1 Å². The highest BCUT2D eigenvalue weighted by atomic mass is 32.2. The van der Waals surface area contributed by atoms with E-state index in [1.165, 1.54) is 17.8 Å². The Kier molecular flexibility index (Phi) is 2.44. The molecule has 2 rings (SSSR count). The molecule has 1 aliphatic rings. The molecule has 1 aromatic carbocycles. The minimum atomic E-state index is -0.251. The molecule has 0 N–H and O–H groups in total. The lowest BCUT2D eigenvalue weighted by Gasteiger charge is -2.09. The summed E-state index contributed by atoms with van der Waals surface area (Å²) in [6.07, 6.45) is 4.29. The van der Waals surface area contributed by atoms with E-state index in [0.29, 0.717) is 5.75 Å². The number of ether oxygens (including phenoxy) is 1. The van der Waals surface area contributed by atoms with E-state index in [1.54, 1.807) is 6.07 Å². The summed E-state index contributed by atoms with van der Waals surface area (Å²) < 4.78 is 18.8. The number of hydrogen-bond acceptors (Lipinski definition) is 2. The third-order valence-electron chi connectivity index (χ3n) is 1.96. The maximum atomic E-state index is 13.3. The van der Waals surface area contributed by atoms with Gasteiger partial charge in [-0.3, -0.25) is 0 Å². The van der Waals surface area contributed by atoms with E-state index in [4.69, 9.17) is 4.74 Å².